The van der Waals surface area contributed by atoms with Gasteiger partial charge >= 0.3 is 0 Å². The van der Waals surface area contributed by atoms with Crippen molar-refractivity contribution in [2.75, 3.05) is 18.9 Å². The van der Waals surface area contributed by atoms with Gasteiger partial charge in [-0.15, -0.1) is 5.10 Å². The first-order chi connectivity index (χ1) is 8.79. The van der Waals surface area contributed by atoms with E-state index in [9.17, 15) is 4.79 Å². The summed E-state index contributed by atoms with van der Waals surface area (Å²) >= 11 is 0. The third kappa shape index (κ3) is 3.03. The third-order valence-corrected chi connectivity index (χ3v) is 2.38. The maximum absolute atomic E-state index is 11.7. The molecule has 94 valence electrons. The standard InChI is InChI=1S/C11H14N6O/c1-12-9-2-3-10(14-8-9)11(18)13-4-6-17-7-5-15-16-17/h2-3,5,7-8,12H,4,6H2,1H3,(H,13,18). The highest BCUT2D eigenvalue weighted by Crippen LogP contribution is 2.04. The van der Waals surface area contributed by atoms with Crippen LogP contribution in [0.15, 0.2) is 30.7 Å². The van der Waals surface area contributed by atoms with Gasteiger partial charge in [0.1, 0.15) is 5.69 Å². The number of nitrogens with zero attached hydrogens (tertiary/aromatic N) is 4. The van der Waals surface area contributed by atoms with Crippen LogP contribution in [0.5, 0.6) is 0 Å². The maximum Gasteiger partial charge on any atom is 0.269 e. The molecule has 0 aliphatic carbocycles. The zero-order valence-corrected chi connectivity index (χ0v) is 10.00. The van der Waals surface area contributed by atoms with Gasteiger partial charge in [0.05, 0.1) is 24.6 Å². The monoisotopic (exact) mass is 246 g/mol. The Morgan fingerprint density at radius 3 is 2.94 bits per heavy atom. The molecule has 2 heterocycles. The van der Waals surface area contributed by atoms with Crippen LogP contribution in [0.4, 0.5) is 5.69 Å². The van der Waals surface area contributed by atoms with Crippen LogP contribution in [0.1, 0.15) is 10.5 Å². The first kappa shape index (κ1) is 12.0. The number of hydrogen-bond donors (Lipinski definition) is 2. The van der Waals surface area contributed by atoms with E-state index in [-0.39, 0.29) is 5.91 Å². The minimum Gasteiger partial charge on any atom is -0.387 e. The van der Waals surface area contributed by atoms with Crippen molar-refractivity contribution >= 4 is 11.6 Å². The summed E-state index contributed by atoms with van der Waals surface area (Å²) in [6.45, 7) is 1.07. The predicted molar refractivity (Wildman–Crippen MR) is 66.1 cm³/mol. The minimum absolute atomic E-state index is 0.197. The molecule has 0 saturated carbocycles. The lowest BCUT2D eigenvalue weighted by Crippen LogP contribution is -2.28. The Bertz CT molecular complexity index is 493. The predicted octanol–water partition coefficient (Wildman–Crippen LogP) is 0.145. The lowest BCUT2D eigenvalue weighted by atomic mass is 10.3. The molecule has 7 heteroatoms. The summed E-state index contributed by atoms with van der Waals surface area (Å²) in [7, 11) is 1.80. The van der Waals surface area contributed by atoms with E-state index in [2.05, 4.69) is 25.9 Å². The molecule has 2 aromatic rings. The fourth-order valence-corrected chi connectivity index (χ4v) is 1.40. The SMILES string of the molecule is CNc1ccc(C(=O)NCCn2ccnn2)nc1. The molecule has 0 aliphatic rings. The number of nitrogens with one attached hydrogen (secondary N) is 2. The van der Waals surface area contributed by atoms with Gasteiger partial charge in [-0.25, -0.2) is 4.98 Å². The van der Waals surface area contributed by atoms with E-state index in [0.29, 0.717) is 18.8 Å². The van der Waals surface area contributed by atoms with E-state index in [1.807, 2.05) is 0 Å². The van der Waals surface area contributed by atoms with Gasteiger partial charge in [-0.1, -0.05) is 5.21 Å². The fraction of sp³-hybridized carbons (Fsp3) is 0.273. The number of rotatable bonds is 5. The molecule has 2 aromatic heterocycles. The van der Waals surface area contributed by atoms with E-state index in [0.717, 1.165) is 5.69 Å². The smallest absolute Gasteiger partial charge is 0.269 e. The van der Waals surface area contributed by atoms with Gasteiger partial charge in [-0.2, -0.15) is 0 Å². The van der Waals surface area contributed by atoms with Crippen molar-refractivity contribution in [3.63, 3.8) is 0 Å². The van der Waals surface area contributed by atoms with Gasteiger partial charge in [0, 0.05) is 19.8 Å². The van der Waals surface area contributed by atoms with Crippen molar-refractivity contribution in [1.29, 1.82) is 0 Å². The molecule has 2 N–H and O–H groups in total. The van der Waals surface area contributed by atoms with Gasteiger partial charge < -0.3 is 10.6 Å². The van der Waals surface area contributed by atoms with Gasteiger partial charge in [-0.3, -0.25) is 9.48 Å². The number of carbonyl (C=O) groups excluding carboxylic acids is 1. The summed E-state index contributed by atoms with van der Waals surface area (Å²) in [5.41, 5.74) is 1.27. The molecule has 0 saturated heterocycles. The van der Waals surface area contributed by atoms with Crippen LogP contribution in [0, 0.1) is 0 Å². The van der Waals surface area contributed by atoms with Crippen molar-refractivity contribution in [1.82, 2.24) is 25.3 Å². The molecule has 2 rings (SSSR count). The van der Waals surface area contributed by atoms with Crippen molar-refractivity contribution in [3.8, 4) is 0 Å². The Morgan fingerprint density at radius 1 is 1.44 bits per heavy atom. The zero-order chi connectivity index (χ0) is 12.8. The van der Waals surface area contributed by atoms with Crippen molar-refractivity contribution in [2.24, 2.45) is 0 Å². The Labute approximate surface area is 104 Å². The molecule has 0 bridgehead atoms. The van der Waals surface area contributed by atoms with Gasteiger partial charge in [0.25, 0.3) is 5.91 Å². The van der Waals surface area contributed by atoms with Crippen LogP contribution in [-0.4, -0.2) is 39.5 Å². The topological polar surface area (TPSA) is 84.7 Å². The molecule has 0 fully saturated rings. The Morgan fingerprint density at radius 2 is 2.33 bits per heavy atom. The first-order valence-corrected chi connectivity index (χ1v) is 5.55. The summed E-state index contributed by atoms with van der Waals surface area (Å²) < 4.78 is 1.65. The van der Waals surface area contributed by atoms with E-state index in [1.165, 1.54) is 0 Å². The van der Waals surface area contributed by atoms with Crippen LogP contribution in [-0.2, 0) is 6.54 Å². The summed E-state index contributed by atoms with van der Waals surface area (Å²) in [5, 5.41) is 13.2. The second kappa shape index (κ2) is 5.76. The van der Waals surface area contributed by atoms with Gasteiger partial charge in [0.15, 0.2) is 0 Å². The highest BCUT2D eigenvalue weighted by Gasteiger charge is 2.05. The van der Waals surface area contributed by atoms with E-state index in [1.54, 1.807) is 42.5 Å². The summed E-state index contributed by atoms with van der Waals surface area (Å²) in [5.74, 6) is -0.197. The third-order valence-electron chi connectivity index (χ3n) is 2.38. The average molecular weight is 246 g/mol. The van der Waals surface area contributed by atoms with Gasteiger partial charge in [0.2, 0.25) is 0 Å². The van der Waals surface area contributed by atoms with Crippen LogP contribution >= 0.6 is 0 Å². The summed E-state index contributed by atoms with van der Waals surface area (Å²) in [4.78, 5) is 15.8. The Balaban J connectivity index is 1.83. The Hall–Kier alpha value is -2.44. The number of carbonyl (C=O) groups is 1. The highest BCUT2D eigenvalue weighted by molar-refractivity contribution is 5.92. The zero-order valence-electron chi connectivity index (χ0n) is 10.00. The van der Waals surface area contributed by atoms with E-state index >= 15 is 0 Å². The fourth-order valence-electron chi connectivity index (χ4n) is 1.40. The largest absolute Gasteiger partial charge is 0.387 e. The second-order valence-electron chi connectivity index (χ2n) is 3.60. The average Bonchev–Trinajstić information content (AvgIpc) is 2.92. The van der Waals surface area contributed by atoms with E-state index < -0.39 is 0 Å². The summed E-state index contributed by atoms with van der Waals surface area (Å²) in [6, 6.07) is 3.48. The molecule has 18 heavy (non-hydrogen) atoms. The molecule has 0 unspecified atom stereocenters. The lowest BCUT2D eigenvalue weighted by Gasteiger charge is -2.05. The van der Waals surface area contributed by atoms with Crippen LogP contribution in [0.2, 0.25) is 0 Å². The minimum atomic E-state index is -0.197. The quantitative estimate of drug-likeness (QED) is 0.784. The molecule has 7 nitrogen and oxygen atoms in total. The van der Waals surface area contributed by atoms with E-state index in [4.69, 9.17) is 0 Å². The molecule has 0 radical (unpaired) electrons. The lowest BCUT2D eigenvalue weighted by molar-refractivity contribution is 0.0947. The second-order valence-corrected chi connectivity index (χ2v) is 3.60. The molecular weight excluding hydrogens is 232 g/mol. The first-order valence-electron chi connectivity index (χ1n) is 5.55. The normalized spacial score (nSPS) is 10.1. The number of pyridine rings is 1. The molecule has 1 amide bonds. The van der Waals surface area contributed by atoms with Crippen molar-refractivity contribution in [3.05, 3.63) is 36.4 Å². The molecule has 0 aromatic carbocycles. The van der Waals surface area contributed by atoms with Crippen LogP contribution in [0.25, 0.3) is 0 Å². The maximum atomic E-state index is 11.7. The molecular formula is C11H14N6O. The highest BCUT2D eigenvalue weighted by atomic mass is 16.1. The molecule has 0 atom stereocenters. The summed E-state index contributed by atoms with van der Waals surface area (Å²) in [6.07, 6.45) is 4.96. The van der Waals surface area contributed by atoms with Crippen molar-refractivity contribution < 1.29 is 4.79 Å². The molecule has 0 spiro atoms. The van der Waals surface area contributed by atoms with Crippen LogP contribution < -0.4 is 10.6 Å². The number of hydrogen-bond acceptors (Lipinski definition) is 5. The molecule has 0 aliphatic heterocycles. The number of anilines is 1. The van der Waals surface area contributed by atoms with Crippen LogP contribution in [0.3, 0.4) is 0 Å². The number of aromatic nitrogens is 4. The number of amides is 1. The van der Waals surface area contributed by atoms with Gasteiger partial charge in [-0.05, 0) is 12.1 Å². The Kier molecular flexibility index (Phi) is 3.85. The van der Waals surface area contributed by atoms with Crippen molar-refractivity contribution in [2.45, 2.75) is 6.54 Å².